The van der Waals surface area contributed by atoms with Crippen LogP contribution >= 0.6 is 0 Å². The van der Waals surface area contributed by atoms with Crippen LogP contribution in [0.5, 0.6) is 11.5 Å². The average molecular weight is 1620 g/mol. The van der Waals surface area contributed by atoms with E-state index in [4.69, 9.17) is 4.74 Å². The summed E-state index contributed by atoms with van der Waals surface area (Å²) in [5, 5.41) is 0. The number of anilines is 27. The van der Waals surface area contributed by atoms with Crippen molar-refractivity contribution < 1.29 is 4.74 Å². The fourth-order valence-corrected chi connectivity index (χ4v) is 21.6. The second-order valence-corrected chi connectivity index (χ2v) is 33.5. The molecule has 0 aromatic heterocycles. The van der Waals surface area contributed by atoms with Crippen LogP contribution in [0, 0.1) is 0 Å². The Morgan fingerprint density at radius 2 is 0.409 bits per heavy atom. The first-order chi connectivity index (χ1) is 63.1. The fraction of sp³-hybridized carbons (Fsp3) is 0. The lowest BCUT2D eigenvalue weighted by Crippen LogP contribution is -2.69. The van der Waals surface area contributed by atoms with Crippen molar-refractivity contribution in [2.75, 3.05) is 44.1 Å². The molecule has 0 unspecified atom stereocenters. The number of nitrogens with zero attached hydrogens (tertiary/aromatic N) is 9. The molecular formula is C114H76B3N9O. The number of benzene rings is 19. The monoisotopic (exact) mass is 1620 g/mol. The molecule has 0 spiro atoms. The SMILES string of the molecule is c1ccc(N(c2ccccc2)c2ccc3c(c2)B2c4cc5c(cc4N(c4ccccc4)c4cccc(c42)N3c2ccccc2)N(c2ccccc2)c2cc3c4c6c2B5c2cc(N(c5ccccc5)c5ccccc5)cc5c2N6c2c(cc(N(c6ccccc6)c6ccccc6)cc2B4c2cc(N(c4ccccc4)c4ccccc4)ccc2N3c2ccccc2)O5)cc1. The molecule has 0 aliphatic carbocycles. The molecule has 0 atom stereocenters. The highest BCUT2D eigenvalue weighted by molar-refractivity contribution is 7.06. The predicted octanol–water partition coefficient (Wildman–Crippen LogP) is 24.4. The Balaban J connectivity index is 0.812. The lowest BCUT2D eigenvalue weighted by Gasteiger charge is -2.53. The second kappa shape index (κ2) is 29.0. The van der Waals surface area contributed by atoms with Gasteiger partial charge in [0.15, 0.2) is 11.5 Å². The van der Waals surface area contributed by atoms with Crippen LogP contribution in [0.3, 0.4) is 0 Å². The lowest BCUT2D eigenvalue weighted by molar-refractivity contribution is 0.478. The number of hydrogen-bond acceptors (Lipinski definition) is 10. The van der Waals surface area contributed by atoms with Gasteiger partial charge in [0.2, 0.25) is 0 Å². The quantitative estimate of drug-likeness (QED) is 0.0874. The molecule has 7 aliphatic heterocycles. The van der Waals surface area contributed by atoms with Crippen molar-refractivity contribution in [1.29, 1.82) is 0 Å². The maximum absolute atomic E-state index is 8.28. The van der Waals surface area contributed by atoms with E-state index >= 15 is 0 Å². The Morgan fingerprint density at radius 3 is 0.732 bits per heavy atom. The van der Waals surface area contributed by atoms with Crippen LogP contribution in [0.25, 0.3) is 0 Å². The topological polar surface area (TPSA) is 38.4 Å². The van der Waals surface area contributed by atoms with Gasteiger partial charge in [0.25, 0.3) is 20.1 Å². The number of rotatable bonds is 16. The third-order valence-corrected chi connectivity index (χ3v) is 26.5. The summed E-state index contributed by atoms with van der Waals surface area (Å²) in [5.41, 5.74) is 39.2. The Morgan fingerprint density at radius 1 is 0.157 bits per heavy atom. The van der Waals surface area contributed by atoms with Crippen molar-refractivity contribution in [3.63, 3.8) is 0 Å². The van der Waals surface area contributed by atoms with E-state index in [1.807, 2.05) is 0 Å². The highest BCUT2D eigenvalue weighted by atomic mass is 16.5. The van der Waals surface area contributed by atoms with Gasteiger partial charge in [-0.25, -0.2) is 0 Å². The molecule has 592 valence electrons. The third kappa shape index (κ3) is 11.2. The summed E-state index contributed by atoms with van der Waals surface area (Å²) in [6.07, 6.45) is 0. The average Bonchev–Trinajstić information content (AvgIpc) is 0.654. The number of para-hydroxylation sites is 12. The second-order valence-electron chi connectivity index (χ2n) is 33.5. The van der Waals surface area contributed by atoms with E-state index in [0.717, 1.165) is 181 Å². The van der Waals surface area contributed by atoms with Gasteiger partial charge in [-0.05, 0) is 268 Å². The molecule has 7 heterocycles. The highest BCUT2D eigenvalue weighted by Gasteiger charge is 2.56. The molecule has 0 amide bonds. The van der Waals surface area contributed by atoms with Crippen molar-refractivity contribution in [1.82, 2.24) is 0 Å². The summed E-state index contributed by atoms with van der Waals surface area (Å²) in [7, 11) is 0. The molecule has 0 radical (unpaired) electrons. The van der Waals surface area contributed by atoms with E-state index in [1.54, 1.807) is 0 Å². The van der Waals surface area contributed by atoms with Gasteiger partial charge in [0.1, 0.15) is 0 Å². The number of fused-ring (bicyclic) bond motifs is 10. The fourth-order valence-electron chi connectivity index (χ4n) is 21.6. The van der Waals surface area contributed by atoms with E-state index in [-0.39, 0.29) is 6.71 Å². The largest absolute Gasteiger partial charge is 0.453 e. The molecule has 0 fully saturated rings. The summed E-state index contributed by atoms with van der Waals surface area (Å²) in [6, 6.07) is 170. The first-order valence-corrected chi connectivity index (χ1v) is 43.7. The molecule has 7 aliphatic rings. The summed E-state index contributed by atoms with van der Waals surface area (Å²) in [5.74, 6) is 1.51. The van der Waals surface area contributed by atoms with Crippen molar-refractivity contribution >= 4 is 223 Å². The minimum atomic E-state index is -0.444. The Kier molecular flexibility index (Phi) is 16.5. The third-order valence-electron chi connectivity index (χ3n) is 26.5. The van der Waals surface area contributed by atoms with Crippen molar-refractivity contribution in [3.8, 4) is 11.5 Å². The van der Waals surface area contributed by atoms with Crippen LogP contribution in [0.15, 0.2) is 461 Å². The number of hydrogen-bond donors (Lipinski definition) is 0. The van der Waals surface area contributed by atoms with Gasteiger partial charge in [0, 0.05) is 154 Å². The summed E-state index contributed by atoms with van der Waals surface area (Å²) in [4.78, 5) is 22.7. The molecule has 0 N–H and O–H groups in total. The molecule has 19 aromatic carbocycles. The smallest absolute Gasteiger partial charge is 0.252 e. The van der Waals surface area contributed by atoms with Crippen LogP contribution in [0.4, 0.5) is 154 Å². The van der Waals surface area contributed by atoms with Crippen molar-refractivity contribution in [2.45, 2.75) is 0 Å². The minimum absolute atomic E-state index is 0.311. The Labute approximate surface area is 739 Å². The van der Waals surface area contributed by atoms with Gasteiger partial charge < -0.3 is 48.8 Å². The highest BCUT2D eigenvalue weighted by Crippen LogP contribution is 2.60. The van der Waals surface area contributed by atoms with Crippen molar-refractivity contribution in [3.05, 3.63) is 461 Å². The lowest BCUT2D eigenvalue weighted by atomic mass is 9.27. The molecule has 19 aromatic rings. The van der Waals surface area contributed by atoms with Crippen LogP contribution in [0.1, 0.15) is 0 Å². The standard InChI is InChI=1S/C114H76B3N9O/c1-13-38-77(39-14-1)118(78-40-15-2-16-41-78)89-64-66-99-93(68-89)115-95-74-96-104(75-103(95)124(87-58-33-11-34-59-87)102-63-37-62-101(109(102)115)122(99)85-54-29-9-30-55-85)125(88-60-35-12-36-61-88)106-76-105-110-114-111(106)117(96)98-71-92(121(83-50-25-7-26-51-83)84-52-27-8-28-53-84)73-108-113(98)126(114)112-97(70-91(72-107(112)127-108)120(81-46-21-5-22-47-81)82-48-23-6-24-49-82)116(110)94-69-90(65-67-100(94)123(105)86-56-31-10-32-57-86)119(79-42-17-3-18-43-79)80-44-19-4-20-45-80/h1-76H. The number of ether oxygens (including phenoxy) is 1. The van der Waals surface area contributed by atoms with Crippen LogP contribution in [-0.2, 0) is 0 Å². The molecule has 13 heteroatoms. The predicted molar refractivity (Wildman–Crippen MR) is 533 cm³/mol. The Hall–Kier alpha value is -16.6. The Bertz CT molecular complexity index is 7380. The van der Waals surface area contributed by atoms with Gasteiger partial charge >= 0.3 is 0 Å². The van der Waals surface area contributed by atoms with Crippen LogP contribution in [-0.4, -0.2) is 20.1 Å². The molecule has 127 heavy (non-hydrogen) atoms. The normalized spacial score (nSPS) is 13.1. The summed E-state index contributed by atoms with van der Waals surface area (Å²) in [6.45, 7) is -1.15. The zero-order valence-corrected chi connectivity index (χ0v) is 69.0. The summed E-state index contributed by atoms with van der Waals surface area (Å²) >= 11 is 0. The summed E-state index contributed by atoms with van der Waals surface area (Å²) < 4.78 is 8.28. The first-order valence-electron chi connectivity index (χ1n) is 43.7. The van der Waals surface area contributed by atoms with Gasteiger partial charge in [-0.3, -0.25) is 0 Å². The van der Waals surface area contributed by atoms with Gasteiger partial charge in [-0.2, -0.15) is 0 Å². The van der Waals surface area contributed by atoms with E-state index in [2.05, 4.69) is 505 Å². The zero-order chi connectivity index (χ0) is 83.3. The van der Waals surface area contributed by atoms with E-state index < -0.39 is 13.4 Å². The molecule has 0 saturated heterocycles. The van der Waals surface area contributed by atoms with Crippen molar-refractivity contribution in [2.24, 2.45) is 0 Å². The van der Waals surface area contributed by atoms with Gasteiger partial charge in [-0.15, -0.1) is 0 Å². The maximum Gasteiger partial charge on any atom is 0.252 e. The van der Waals surface area contributed by atoms with Gasteiger partial charge in [-0.1, -0.05) is 231 Å². The van der Waals surface area contributed by atoms with Gasteiger partial charge in [0.05, 0.1) is 11.4 Å². The van der Waals surface area contributed by atoms with E-state index in [0.29, 0.717) is 0 Å². The zero-order valence-electron chi connectivity index (χ0n) is 69.0. The van der Waals surface area contributed by atoms with E-state index in [9.17, 15) is 0 Å². The molecular weight excluding hydrogens is 1540 g/mol. The molecule has 0 saturated carbocycles. The first kappa shape index (κ1) is 72.0. The minimum Gasteiger partial charge on any atom is -0.453 e. The molecule has 0 bridgehead atoms. The van der Waals surface area contributed by atoms with Crippen LogP contribution in [0.2, 0.25) is 0 Å². The van der Waals surface area contributed by atoms with E-state index in [1.165, 1.54) is 32.8 Å². The van der Waals surface area contributed by atoms with Crippen LogP contribution < -0.4 is 98.0 Å². The molecule has 10 nitrogen and oxygen atoms in total. The molecule has 26 rings (SSSR count). The maximum atomic E-state index is 8.28.